The predicted molar refractivity (Wildman–Crippen MR) is 95.2 cm³/mol. The van der Waals surface area contributed by atoms with Gasteiger partial charge in [0.1, 0.15) is 0 Å². The van der Waals surface area contributed by atoms with Crippen LogP contribution in [0.15, 0.2) is 30.3 Å². The molecule has 0 unspecified atom stereocenters. The highest BCUT2D eigenvalue weighted by Crippen LogP contribution is 2.56. The fourth-order valence-electron chi connectivity index (χ4n) is 4.83. The van der Waals surface area contributed by atoms with E-state index in [1.165, 1.54) is 4.90 Å². The normalized spacial score (nSPS) is 28.4. The van der Waals surface area contributed by atoms with Gasteiger partial charge in [-0.25, -0.2) is 0 Å². The zero-order valence-corrected chi connectivity index (χ0v) is 14.9. The fraction of sp³-hybridized carbons (Fsp3) is 0.500. The summed E-state index contributed by atoms with van der Waals surface area (Å²) in [5.41, 5.74) is 0.618. The zero-order chi connectivity index (χ0) is 19.0. The van der Waals surface area contributed by atoms with Crippen molar-refractivity contribution in [1.29, 1.82) is 0 Å². The number of anilines is 1. The van der Waals surface area contributed by atoms with Crippen LogP contribution in [0.4, 0.5) is 5.69 Å². The Morgan fingerprint density at radius 2 is 1.67 bits per heavy atom. The molecular weight excluding hydrogens is 348 g/mol. The average molecular weight is 370 g/mol. The summed E-state index contributed by atoms with van der Waals surface area (Å²) in [5, 5.41) is 2.62. The topological polar surface area (TPSA) is 92.8 Å². The van der Waals surface area contributed by atoms with Crippen molar-refractivity contribution in [3.63, 3.8) is 0 Å². The van der Waals surface area contributed by atoms with Crippen LogP contribution >= 0.6 is 0 Å². The highest BCUT2D eigenvalue weighted by atomic mass is 16.5. The first-order valence-electron chi connectivity index (χ1n) is 9.40. The molecule has 2 saturated carbocycles. The minimum Gasteiger partial charge on any atom is -0.456 e. The van der Waals surface area contributed by atoms with Crippen molar-refractivity contribution in [2.45, 2.75) is 25.7 Å². The summed E-state index contributed by atoms with van der Waals surface area (Å²) >= 11 is 0. The van der Waals surface area contributed by atoms with Gasteiger partial charge in [-0.3, -0.25) is 24.1 Å². The molecule has 3 fully saturated rings. The van der Waals surface area contributed by atoms with E-state index in [0.29, 0.717) is 17.5 Å². The molecule has 3 amide bonds. The van der Waals surface area contributed by atoms with Crippen LogP contribution in [0.1, 0.15) is 25.7 Å². The Hall–Kier alpha value is -2.70. The molecule has 1 aliphatic heterocycles. The molecule has 0 aromatic heterocycles. The van der Waals surface area contributed by atoms with Gasteiger partial charge in [0.2, 0.25) is 11.8 Å². The molecule has 1 N–H and O–H groups in total. The second-order valence-electron chi connectivity index (χ2n) is 7.54. The van der Waals surface area contributed by atoms with Crippen LogP contribution in [-0.2, 0) is 23.9 Å². The maximum Gasteiger partial charge on any atom is 0.308 e. The largest absolute Gasteiger partial charge is 0.456 e. The number of nitrogens with zero attached hydrogens (tertiary/aromatic N) is 1. The lowest BCUT2D eigenvalue weighted by Crippen LogP contribution is -2.35. The fourth-order valence-corrected chi connectivity index (χ4v) is 4.83. The number of amides is 3. The number of fused-ring (bicyclic) bond motifs is 5. The second kappa shape index (κ2) is 7.13. The van der Waals surface area contributed by atoms with Gasteiger partial charge in [0.15, 0.2) is 6.61 Å². The van der Waals surface area contributed by atoms with Crippen molar-refractivity contribution in [3.8, 4) is 0 Å². The summed E-state index contributed by atoms with van der Waals surface area (Å²) in [6.45, 7) is -0.367. The molecule has 1 heterocycles. The lowest BCUT2D eigenvalue weighted by molar-refractivity contribution is -0.149. The van der Waals surface area contributed by atoms with Crippen molar-refractivity contribution >= 4 is 29.4 Å². The summed E-state index contributed by atoms with van der Waals surface area (Å²) in [7, 11) is 0. The van der Waals surface area contributed by atoms with Crippen LogP contribution in [0, 0.1) is 23.7 Å². The number of para-hydroxylation sites is 1. The van der Waals surface area contributed by atoms with E-state index in [4.69, 9.17) is 4.74 Å². The SMILES string of the molecule is O=C(COC(=O)CCN1C(=O)[C@@H]2[C@H]3CC[C@@H](C3)[C@@H]2C1=O)Nc1ccccc1. The Balaban J connectivity index is 1.23. The highest BCUT2D eigenvalue weighted by Gasteiger charge is 2.60. The van der Waals surface area contributed by atoms with Crippen molar-refractivity contribution in [3.05, 3.63) is 30.3 Å². The molecule has 1 aromatic rings. The summed E-state index contributed by atoms with van der Waals surface area (Å²) in [5.74, 6) is -0.996. The lowest BCUT2D eigenvalue weighted by atomic mass is 9.81. The quantitative estimate of drug-likeness (QED) is 0.606. The first kappa shape index (κ1) is 17.7. The minimum atomic E-state index is -0.598. The third-order valence-electron chi connectivity index (χ3n) is 5.98. The number of nitrogens with one attached hydrogen (secondary N) is 1. The van der Waals surface area contributed by atoms with E-state index >= 15 is 0 Å². The van der Waals surface area contributed by atoms with Gasteiger partial charge < -0.3 is 10.1 Å². The Morgan fingerprint density at radius 3 is 2.30 bits per heavy atom. The van der Waals surface area contributed by atoms with Gasteiger partial charge in [0.25, 0.3) is 5.91 Å². The number of benzene rings is 1. The van der Waals surface area contributed by atoms with Crippen LogP contribution < -0.4 is 5.32 Å². The number of ether oxygens (including phenoxy) is 1. The van der Waals surface area contributed by atoms with Crippen LogP contribution in [0.3, 0.4) is 0 Å². The first-order chi connectivity index (χ1) is 13.0. The van der Waals surface area contributed by atoms with E-state index < -0.39 is 18.5 Å². The molecule has 2 aliphatic carbocycles. The number of rotatable bonds is 6. The molecule has 7 nitrogen and oxygen atoms in total. The molecule has 7 heteroatoms. The summed E-state index contributed by atoms with van der Waals surface area (Å²) in [6.07, 6.45) is 2.94. The van der Waals surface area contributed by atoms with E-state index in [1.54, 1.807) is 24.3 Å². The summed E-state index contributed by atoms with van der Waals surface area (Å²) < 4.78 is 4.95. The molecule has 27 heavy (non-hydrogen) atoms. The Bertz CT molecular complexity index is 750. The van der Waals surface area contributed by atoms with Crippen molar-refractivity contribution in [1.82, 2.24) is 4.90 Å². The van der Waals surface area contributed by atoms with E-state index in [9.17, 15) is 19.2 Å². The number of esters is 1. The van der Waals surface area contributed by atoms with Gasteiger partial charge in [0, 0.05) is 12.2 Å². The molecule has 0 spiro atoms. The molecular formula is C20H22N2O5. The first-order valence-corrected chi connectivity index (χ1v) is 9.40. The number of carbonyl (C=O) groups is 4. The second-order valence-corrected chi connectivity index (χ2v) is 7.54. The van der Waals surface area contributed by atoms with E-state index in [1.807, 2.05) is 6.07 Å². The Morgan fingerprint density at radius 1 is 1.04 bits per heavy atom. The Kier molecular flexibility index (Phi) is 4.68. The summed E-state index contributed by atoms with van der Waals surface area (Å²) in [6, 6.07) is 8.86. The van der Waals surface area contributed by atoms with E-state index in [0.717, 1.165) is 19.3 Å². The van der Waals surface area contributed by atoms with Crippen molar-refractivity contribution in [2.24, 2.45) is 23.7 Å². The minimum absolute atomic E-state index is 0.0310. The standard InChI is InChI=1S/C20H22N2O5/c23-15(21-14-4-2-1-3-5-14)11-27-16(24)8-9-22-19(25)17-12-6-7-13(10-12)18(17)20(22)26/h1-5,12-13,17-18H,6-11H2,(H,21,23)/t12-,13-,17-,18+/m0/s1. The monoisotopic (exact) mass is 370 g/mol. The maximum atomic E-state index is 12.6. The molecule has 1 saturated heterocycles. The van der Waals surface area contributed by atoms with Crippen LogP contribution in [0.25, 0.3) is 0 Å². The van der Waals surface area contributed by atoms with Gasteiger partial charge in [-0.1, -0.05) is 18.2 Å². The molecule has 2 bridgehead atoms. The number of carbonyl (C=O) groups excluding carboxylic acids is 4. The number of imide groups is 1. The molecule has 4 atom stereocenters. The Labute approximate surface area is 157 Å². The number of hydrogen-bond acceptors (Lipinski definition) is 5. The predicted octanol–water partition coefficient (Wildman–Crippen LogP) is 1.59. The lowest BCUT2D eigenvalue weighted by Gasteiger charge is -2.19. The van der Waals surface area contributed by atoms with Gasteiger partial charge in [0.05, 0.1) is 18.3 Å². The van der Waals surface area contributed by atoms with Crippen molar-refractivity contribution < 1.29 is 23.9 Å². The van der Waals surface area contributed by atoms with Gasteiger partial charge in [-0.05, 0) is 43.2 Å². The van der Waals surface area contributed by atoms with Gasteiger partial charge in [-0.2, -0.15) is 0 Å². The van der Waals surface area contributed by atoms with E-state index in [2.05, 4.69) is 5.32 Å². The highest BCUT2D eigenvalue weighted by molar-refractivity contribution is 6.06. The smallest absolute Gasteiger partial charge is 0.308 e. The summed E-state index contributed by atoms with van der Waals surface area (Å²) in [4.78, 5) is 50.0. The van der Waals surface area contributed by atoms with Crippen LogP contribution in [0.5, 0.6) is 0 Å². The van der Waals surface area contributed by atoms with E-state index in [-0.39, 0.29) is 36.6 Å². The molecule has 1 aromatic carbocycles. The van der Waals surface area contributed by atoms with Gasteiger partial charge >= 0.3 is 5.97 Å². The zero-order valence-electron chi connectivity index (χ0n) is 14.9. The van der Waals surface area contributed by atoms with Gasteiger partial charge in [-0.15, -0.1) is 0 Å². The third kappa shape index (κ3) is 3.34. The average Bonchev–Trinajstić information content (AvgIpc) is 3.34. The maximum absolute atomic E-state index is 12.6. The molecule has 4 rings (SSSR count). The molecule has 0 radical (unpaired) electrons. The van der Waals surface area contributed by atoms with Crippen molar-refractivity contribution in [2.75, 3.05) is 18.5 Å². The number of hydrogen-bond donors (Lipinski definition) is 1. The number of likely N-dealkylation sites (tertiary alicyclic amines) is 1. The third-order valence-corrected chi connectivity index (χ3v) is 5.98. The molecule has 3 aliphatic rings. The van der Waals surface area contributed by atoms with Crippen LogP contribution in [0.2, 0.25) is 0 Å². The molecule has 142 valence electrons. The van der Waals surface area contributed by atoms with Crippen LogP contribution in [-0.4, -0.2) is 41.7 Å².